The van der Waals surface area contributed by atoms with Gasteiger partial charge in [0, 0.05) is 18.2 Å². The Morgan fingerprint density at radius 1 is 1.11 bits per heavy atom. The van der Waals surface area contributed by atoms with E-state index in [0.29, 0.717) is 28.6 Å². The van der Waals surface area contributed by atoms with Gasteiger partial charge in [-0.25, -0.2) is 19.7 Å². The zero-order chi connectivity index (χ0) is 26.5. The predicted molar refractivity (Wildman–Crippen MR) is 134 cm³/mol. The molecule has 0 saturated heterocycles. The lowest BCUT2D eigenvalue weighted by molar-refractivity contribution is -0.137. The van der Waals surface area contributed by atoms with Gasteiger partial charge in [-0.05, 0) is 62.8 Å². The molecule has 1 atom stereocenters. The summed E-state index contributed by atoms with van der Waals surface area (Å²) in [6.07, 6.45) is -2.28. The maximum absolute atomic E-state index is 13.1. The Labute approximate surface area is 211 Å². The molecule has 5 rings (SSSR count). The Morgan fingerprint density at radius 3 is 2.41 bits per heavy atom. The van der Waals surface area contributed by atoms with E-state index in [-0.39, 0.29) is 24.1 Å². The number of alkyl halides is 3. The summed E-state index contributed by atoms with van der Waals surface area (Å²) >= 11 is 0. The third kappa shape index (κ3) is 5.00. The average Bonchev–Trinajstić information content (AvgIpc) is 3.62. The number of aromatic nitrogens is 4. The van der Waals surface area contributed by atoms with Crippen molar-refractivity contribution in [2.24, 2.45) is 5.92 Å². The molecular weight excluding hydrogens is 483 g/mol. The van der Waals surface area contributed by atoms with Crippen LogP contribution >= 0.6 is 0 Å². The number of carbonyl (C=O) groups is 1. The van der Waals surface area contributed by atoms with Gasteiger partial charge in [-0.3, -0.25) is 0 Å². The number of anilines is 1. The van der Waals surface area contributed by atoms with Crippen molar-refractivity contribution in [1.29, 1.82) is 0 Å². The molecule has 192 valence electrons. The molecule has 1 fully saturated rings. The van der Waals surface area contributed by atoms with E-state index in [4.69, 9.17) is 4.98 Å². The minimum Gasteiger partial charge on any atom is -0.475 e. The molecule has 10 heteroatoms. The van der Waals surface area contributed by atoms with Gasteiger partial charge >= 0.3 is 12.1 Å². The maximum atomic E-state index is 13.1. The van der Waals surface area contributed by atoms with E-state index in [0.717, 1.165) is 41.7 Å². The number of benzene rings is 2. The fraction of sp³-hybridized carbons (Fsp3) is 0.333. The van der Waals surface area contributed by atoms with Gasteiger partial charge in [-0.15, -0.1) is 0 Å². The average molecular weight is 510 g/mol. The van der Waals surface area contributed by atoms with Gasteiger partial charge in [0.25, 0.3) is 0 Å². The largest absolute Gasteiger partial charge is 0.475 e. The van der Waals surface area contributed by atoms with Gasteiger partial charge in [0.05, 0.1) is 5.56 Å². The molecular formula is C27H26F3N5O2. The summed E-state index contributed by atoms with van der Waals surface area (Å²) in [6.45, 7) is 6.15. The lowest BCUT2D eigenvalue weighted by atomic mass is 10.0. The van der Waals surface area contributed by atoms with Crippen molar-refractivity contribution < 1.29 is 23.1 Å². The number of fused-ring (bicyclic) bond motifs is 1. The van der Waals surface area contributed by atoms with Gasteiger partial charge in [-0.2, -0.15) is 13.2 Å². The summed E-state index contributed by atoms with van der Waals surface area (Å²) in [4.78, 5) is 25.1. The normalized spacial score (nSPS) is 14.6. The third-order valence-electron chi connectivity index (χ3n) is 6.73. The van der Waals surface area contributed by atoms with Crippen molar-refractivity contribution in [3.63, 3.8) is 0 Å². The van der Waals surface area contributed by atoms with Crippen LogP contribution in [0.1, 0.15) is 52.6 Å². The number of hydrogen-bond donors (Lipinski definition) is 2. The van der Waals surface area contributed by atoms with Crippen LogP contribution in [0.3, 0.4) is 0 Å². The highest BCUT2D eigenvalue weighted by Gasteiger charge is 2.31. The first-order valence-corrected chi connectivity index (χ1v) is 12.0. The van der Waals surface area contributed by atoms with Gasteiger partial charge < -0.3 is 15.0 Å². The number of rotatable bonds is 7. The van der Waals surface area contributed by atoms with E-state index >= 15 is 0 Å². The third-order valence-corrected chi connectivity index (χ3v) is 6.73. The number of carboxylic acids is 1. The molecule has 7 nitrogen and oxygen atoms in total. The highest BCUT2D eigenvalue weighted by Crippen LogP contribution is 2.36. The molecule has 0 aliphatic heterocycles. The molecule has 2 heterocycles. The van der Waals surface area contributed by atoms with Crippen LogP contribution in [-0.2, 0) is 12.7 Å². The molecule has 4 aromatic rings. The second-order valence-corrected chi connectivity index (χ2v) is 9.68. The van der Waals surface area contributed by atoms with Crippen LogP contribution in [0.25, 0.3) is 22.6 Å². The quantitative estimate of drug-likeness (QED) is 0.313. The lowest BCUT2D eigenvalue weighted by Gasteiger charge is -2.17. The Balaban J connectivity index is 1.71. The highest BCUT2D eigenvalue weighted by molar-refractivity contribution is 5.92. The Bertz CT molecular complexity index is 1490. The first-order valence-electron chi connectivity index (χ1n) is 12.0. The smallest absolute Gasteiger partial charge is 0.416 e. The van der Waals surface area contributed by atoms with E-state index in [1.165, 1.54) is 12.1 Å². The summed E-state index contributed by atoms with van der Waals surface area (Å²) in [6, 6.07) is 10.9. The van der Waals surface area contributed by atoms with Crippen molar-refractivity contribution in [1.82, 2.24) is 19.5 Å². The van der Waals surface area contributed by atoms with Crippen LogP contribution in [0.5, 0.6) is 0 Å². The van der Waals surface area contributed by atoms with Crippen molar-refractivity contribution >= 4 is 23.0 Å². The zero-order valence-electron chi connectivity index (χ0n) is 20.6. The van der Waals surface area contributed by atoms with E-state index in [2.05, 4.69) is 15.3 Å². The van der Waals surface area contributed by atoms with Crippen LogP contribution in [0.4, 0.5) is 19.0 Å². The van der Waals surface area contributed by atoms with Gasteiger partial charge in [0.1, 0.15) is 11.3 Å². The number of nitrogens with one attached hydrogen (secondary N) is 1. The number of aryl methyl sites for hydroxylation is 2. The van der Waals surface area contributed by atoms with E-state index < -0.39 is 17.7 Å². The van der Waals surface area contributed by atoms with E-state index in [1.807, 2.05) is 43.5 Å². The second kappa shape index (κ2) is 9.17. The van der Waals surface area contributed by atoms with Gasteiger partial charge in [-0.1, -0.05) is 35.9 Å². The molecule has 1 aliphatic rings. The van der Waals surface area contributed by atoms with Crippen molar-refractivity contribution in [3.8, 4) is 11.4 Å². The molecule has 37 heavy (non-hydrogen) atoms. The molecule has 0 bridgehead atoms. The van der Waals surface area contributed by atoms with Crippen LogP contribution < -0.4 is 5.32 Å². The number of nitrogens with zero attached hydrogens (tertiary/aromatic N) is 4. The minimum absolute atomic E-state index is 0.0544. The first kappa shape index (κ1) is 24.7. The molecule has 1 aliphatic carbocycles. The van der Waals surface area contributed by atoms with E-state index in [1.54, 1.807) is 0 Å². The molecule has 0 amide bonds. The Morgan fingerprint density at radius 2 is 1.81 bits per heavy atom. The molecule has 1 saturated carbocycles. The fourth-order valence-electron chi connectivity index (χ4n) is 4.57. The summed E-state index contributed by atoms with van der Waals surface area (Å²) in [5, 5.41) is 13.0. The van der Waals surface area contributed by atoms with Crippen LogP contribution in [0.2, 0.25) is 0 Å². The standard InChI is InChI=1S/C27H26F3N5O2/c1-14-4-11-20(15(2)12-14)25-34-23-21(35(25)13-17-5-9-19(10-6-17)27(28,29)30)22(31-16(3)18-7-8-18)32-24(33-23)26(36)37/h4-6,9-12,16,18H,7-8,13H2,1-3H3,(H,36,37)(H,31,32,33)/t16-/m1/s1. The topological polar surface area (TPSA) is 92.9 Å². The zero-order valence-corrected chi connectivity index (χ0v) is 20.6. The Hall–Kier alpha value is -3.95. The highest BCUT2D eigenvalue weighted by atomic mass is 19.4. The van der Waals surface area contributed by atoms with Gasteiger partial charge in [0.15, 0.2) is 11.5 Å². The molecule has 0 radical (unpaired) electrons. The second-order valence-electron chi connectivity index (χ2n) is 9.68. The molecule has 2 N–H and O–H groups in total. The summed E-state index contributed by atoms with van der Waals surface area (Å²) in [5.41, 5.74) is 3.45. The predicted octanol–water partition coefficient (Wildman–Crippen LogP) is 6.09. The first-order chi connectivity index (χ1) is 17.5. The minimum atomic E-state index is -4.43. The summed E-state index contributed by atoms with van der Waals surface area (Å²) < 4.78 is 41.2. The molecule has 2 aromatic carbocycles. The lowest BCUT2D eigenvalue weighted by Crippen LogP contribution is -2.20. The Kier molecular flexibility index (Phi) is 6.13. The van der Waals surface area contributed by atoms with Crippen molar-refractivity contribution in [2.45, 2.75) is 52.4 Å². The monoisotopic (exact) mass is 509 g/mol. The maximum Gasteiger partial charge on any atom is 0.416 e. The number of carboxylic acid groups (broad SMARTS) is 1. The molecule has 0 spiro atoms. The molecule has 0 unspecified atom stereocenters. The number of hydrogen-bond acceptors (Lipinski definition) is 5. The van der Waals surface area contributed by atoms with Gasteiger partial charge in [0.2, 0.25) is 5.82 Å². The summed E-state index contributed by atoms with van der Waals surface area (Å²) in [5.74, 6) is -0.300. The SMILES string of the molecule is Cc1ccc(-c2nc3nc(C(=O)O)nc(N[C@H](C)C4CC4)c3n2Cc2ccc(C(F)(F)F)cc2)c(C)c1. The van der Waals surface area contributed by atoms with Crippen molar-refractivity contribution in [2.75, 3.05) is 5.32 Å². The van der Waals surface area contributed by atoms with Crippen molar-refractivity contribution in [3.05, 3.63) is 70.5 Å². The van der Waals surface area contributed by atoms with E-state index in [9.17, 15) is 23.1 Å². The number of aromatic carboxylic acids is 1. The molecule has 2 aromatic heterocycles. The number of halogens is 3. The summed E-state index contributed by atoms with van der Waals surface area (Å²) in [7, 11) is 0. The fourth-order valence-corrected chi connectivity index (χ4v) is 4.57. The van der Waals surface area contributed by atoms with Crippen LogP contribution in [0, 0.1) is 19.8 Å². The van der Waals surface area contributed by atoms with Crippen LogP contribution in [-0.4, -0.2) is 36.6 Å². The number of imidazole rings is 1. The van der Waals surface area contributed by atoms with Crippen LogP contribution in [0.15, 0.2) is 42.5 Å².